The second-order valence-electron chi connectivity index (χ2n) is 9.17. The van der Waals surface area contributed by atoms with Crippen molar-refractivity contribution in [3.8, 4) is 0 Å². The largest absolute Gasteiger partial charge is 0.330 e. The molecule has 2 nitrogen and oxygen atoms in total. The molecule has 0 saturated heterocycles. The Morgan fingerprint density at radius 2 is 0.735 bits per heavy atom. The highest BCUT2D eigenvalue weighted by molar-refractivity contribution is 5.85. The summed E-state index contributed by atoms with van der Waals surface area (Å²) in [6, 6.07) is 0. The minimum absolute atomic E-state index is 0. The van der Waals surface area contributed by atoms with Gasteiger partial charge < -0.3 is 5.73 Å². The summed E-state index contributed by atoms with van der Waals surface area (Å²) in [5, 5.41) is 0. The number of unbranched alkanes of at least 4 members (excludes halogenated alkanes) is 7. The Morgan fingerprint density at radius 1 is 0.471 bits per heavy atom. The maximum Gasteiger partial charge on any atom is 0.0318 e. The minimum atomic E-state index is -0.0808. The van der Waals surface area contributed by atoms with Crippen LogP contribution in [0.3, 0.4) is 0 Å². The van der Waals surface area contributed by atoms with Gasteiger partial charge in [-0.25, -0.2) is 0 Å². The van der Waals surface area contributed by atoms with Crippen molar-refractivity contribution in [3.63, 3.8) is 0 Å². The van der Waals surface area contributed by atoms with E-state index in [9.17, 15) is 0 Å². The zero-order valence-electron chi connectivity index (χ0n) is 21.9. The second kappa shape index (κ2) is 23.7. The first kappa shape index (κ1) is 37.5. The maximum atomic E-state index is 5.59. The van der Waals surface area contributed by atoms with Crippen LogP contribution in [0.1, 0.15) is 89.9 Å². The number of rotatable bonds is 24. The van der Waals surface area contributed by atoms with E-state index in [2.05, 4.69) is 80.8 Å². The van der Waals surface area contributed by atoms with E-state index in [1.807, 2.05) is 0 Å². The van der Waals surface area contributed by atoms with Crippen molar-refractivity contribution in [2.75, 3.05) is 13.1 Å². The molecule has 0 radical (unpaired) electrons. The van der Waals surface area contributed by atoms with Crippen LogP contribution in [0.4, 0.5) is 0 Å². The second-order valence-corrected chi connectivity index (χ2v) is 9.17. The molecule has 34 heavy (non-hydrogen) atoms. The van der Waals surface area contributed by atoms with Crippen LogP contribution < -0.4 is 5.73 Å². The molecule has 0 aromatic rings. The van der Waals surface area contributed by atoms with Crippen LogP contribution >= 0.6 is 24.8 Å². The Hall–Kier alpha value is -1.06. The number of hydrogen-bond donors (Lipinski definition) is 1. The van der Waals surface area contributed by atoms with Crippen LogP contribution in [0, 0.1) is 0 Å². The summed E-state index contributed by atoms with van der Waals surface area (Å²) in [6.45, 7) is 26.5. The topological polar surface area (TPSA) is 29.3 Å². The SMILES string of the molecule is C=CCC(CC=C)(CC=C)N(CCCCCCCCCCN)C(CC=C)(CC=C)CC=C.Cl.Cl. The molecule has 0 bridgehead atoms. The van der Waals surface area contributed by atoms with Gasteiger partial charge in [0.1, 0.15) is 0 Å². The van der Waals surface area contributed by atoms with Crippen LogP contribution in [0.2, 0.25) is 0 Å². The highest BCUT2D eigenvalue weighted by Gasteiger charge is 2.44. The molecular weight excluding hydrogens is 459 g/mol. The molecule has 0 aromatic carbocycles. The van der Waals surface area contributed by atoms with E-state index >= 15 is 0 Å². The van der Waals surface area contributed by atoms with Gasteiger partial charge in [-0.15, -0.1) is 64.3 Å². The predicted molar refractivity (Wildman–Crippen MR) is 162 cm³/mol. The molecule has 0 aliphatic carbocycles. The van der Waals surface area contributed by atoms with Gasteiger partial charge in [-0.2, -0.15) is 0 Å². The summed E-state index contributed by atoms with van der Waals surface area (Å²) in [4.78, 5) is 2.73. The molecule has 2 N–H and O–H groups in total. The summed E-state index contributed by atoms with van der Waals surface area (Å²) in [6.07, 6.45) is 27.9. The van der Waals surface area contributed by atoms with Gasteiger partial charge in [0.15, 0.2) is 0 Å². The summed E-state index contributed by atoms with van der Waals surface area (Å²) in [5.74, 6) is 0. The fraction of sp³-hybridized carbons (Fsp3) is 0.600. The van der Waals surface area contributed by atoms with Gasteiger partial charge in [0.2, 0.25) is 0 Å². The van der Waals surface area contributed by atoms with Gasteiger partial charge in [-0.1, -0.05) is 75.0 Å². The Kier molecular flexibility index (Phi) is 26.1. The molecule has 0 aromatic heterocycles. The molecule has 0 aliphatic rings. The van der Waals surface area contributed by atoms with Gasteiger partial charge in [-0.3, -0.25) is 4.90 Å². The summed E-state index contributed by atoms with van der Waals surface area (Å²) in [5.41, 5.74) is 5.43. The van der Waals surface area contributed by atoms with Crippen molar-refractivity contribution in [1.29, 1.82) is 0 Å². The van der Waals surface area contributed by atoms with Crippen LogP contribution in [0.5, 0.6) is 0 Å². The predicted octanol–water partition coefficient (Wildman–Crippen LogP) is 9.15. The van der Waals surface area contributed by atoms with Crippen LogP contribution in [-0.2, 0) is 0 Å². The molecule has 0 fully saturated rings. The maximum absolute atomic E-state index is 5.59. The number of nitrogens with two attached hydrogens (primary N) is 1. The third-order valence-corrected chi connectivity index (χ3v) is 6.63. The van der Waals surface area contributed by atoms with E-state index < -0.39 is 0 Å². The zero-order chi connectivity index (χ0) is 24.1. The highest BCUT2D eigenvalue weighted by atomic mass is 35.5. The van der Waals surface area contributed by atoms with E-state index in [1.54, 1.807) is 0 Å². The number of hydrogen-bond acceptors (Lipinski definition) is 2. The molecular formula is C30H54Cl2N2. The Bertz CT molecular complexity index is 465. The minimum Gasteiger partial charge on any atom is -0.330 e. The third-order valence-electron chi connectivity index (χ3n) is 6.63. The Balaban J connectivity index is -0.00000480. The van der Waals surface area contributed by atoms with Crippen LogP contribution in [-0.4, -0.2) is 29.1 Å². The van der Waals surface area contributed by atoms with Crippen molar-refractivity contribution in [1.82, 2.24) is 4.90 Å². The van der Waals surface area contributed by atoms with E-state index in [-0.39, 0.29) is 35.9 Å². The lowest BCUT2D eigenvalue weighted by atomic mass is 9.76. The lowest BCUT2D eigenvalue weighted by molar-refractivity contribution is -0.0196. The number of nitrogens with zero attached hydrogens (tertiary/aromatic N) is 1. The highest BCUT2D eigenvalue weighted by Crippen LogP contribution is 2.41. The Morgan fingerprint density at radius 3 is 1.00 bits per heavy atom. The summed E-state index contributed by atoms with van der Waals surface area (Å²) in [7, 11) is 0. The summed E-state index contributed by atoms with van der Waals surface area (Å²) < 4.78 is 0. The van der Waals surface area contributed by atoms with Crippen molar-refractivity contribution in [2.24, 2.45) is 5.73 Å². The lowest BCUT2D eigenvalue weighted by Gasteiger charge is -2.54. The van der Waals surface area contributed by atoms with E-state index in [0.29, 0.717) is 0 Å². The van der Waals surface area contributed by atoms with Crippen molar-refractivity contribution >= 4 is 24.8 Å². The first-order chi connectivity index (χ1) is 15.6. The summed E-state index contributed by atoms with van der Waals surface area (Å²) >= 11 is 0. The standard InChI is InChI=1S/C30H52N2.2ClH/c1-7-21-29(22-8-2,23-9-3)32(30(24-10-4,25-11-5)26-12-6)28-20-18-16-14-13-15-17-19-27-31;;/h7-12H,1-6,13-28,31H2;2*1H. The Labute approximate surface area is 225 Å². The molecule has 0 unspecified atom stereocenters. The molecule has 0 amide bonds. The van der Waals surface area contributed by atoms with Crippen molar-refractivity contribution in [2.45, 2.75) is 101 Å². The fourth-order valence-electron chi connectivity index (χ4n) is 5.23. The van der Waals surface area contributed by atoms with Gasteiger partial charge in [0, 0.05) is 11.1 Å². The molecule has 0 heterocycles. The first-order valence-electron chi connectivity index (χ1n) is 12.7. The van der Waals surface area contributed by atoms with E-state index in [4.69, 9.17) is 5.73 Å². The van der Waals surface area contributed by atoms with Crippen LogP contribution in [0.25, 0.3) is 0 Å². The average Bonchev–Trinajstić information content (AvgIpc) is 2.76. The molecule has 0 spiro atoms. The molecule has 0 saturated carbocycles. The molecule has 4 heteroatoms. The first-order valence-corrected chi connectivity index (χ1v) is 12.7. The van der Waals surface area contributed by atoms with Crippen molar-refractivity contribution < 1.29 is 0 Å². The molecule has 0 rings (SSSR count). The average molecular weight is 514 g/mol. The van der Waals surface area contributed by atoms with E-state index in [0.717, 1.165) is 58.0 Å². The van der Waals surface area contributed by atoms with Gasteiger partial charge in [-0.05, 0) is 64.5 Å². The van der Waals surface area contributed by atoms with Gasteiger partial charge in [0.25, 0.3) is 0 Å². The number of halogens is 2. The van der Waals surface area contributed by atoms with Gasteiger partial charge in [0.05, 0.1) is 0 Å². The fourth-order valence-corrected chi connectivity index (χ4v) is 5.23. The zero-order valence-corrected chi connectivity index (χ0v) is 23.5. The van der Waals surface area contributed by atoms with Crippen LogP contribution in [0.15, 0.2) is 75.9 Å². The molecule has 0 atom stereocenters. The van der Waals surface area contributed by atoms with Gasteiger partial charge >= 0.3 is 0 Å². The third kappa shape index (κ3) is 13.1. The smallest absolute Gasteiger partial charge is 0.0318 e. The molecule has 198 valence electrons. The molecule has 0 aliphatic heterocycles. The van der Waals surface area contributed by atoms with Crippen molar-refractivity contribution in [3.05, 3.63) is 75.9 Å². The monoisotopic (exact) mass is 512 g/mol. The quantitative estimate of drug-likeness (QED) is 0.103. The normalized spacial score (nSPS) is 11.1. The van der Waals surface area contributed by atoms with E-state index in [1.165, 1.54) is 44.9 Å². The lowest BCUT2D eigenvalue weighted by Crippen LogP contribution is -2.60.